The van der Waals surface area contributed by atoms with E-state index in [0.717, 1.165) is 0 Å². The van der Waals surface area contributed by atoms with Crippen molar-refractivity contribution < 1.29 is 0 Å². The van der Waals surface area contributed by atoms with Gasteiger partial charge in [-0.3, -0.25) is 0 Å². The van der Waals surface area contributed by atoms with E-state index in [1.54, 1.807) is 0 Å². The predicted molar refractivity (Wildman–Crippen MR) is 142 cm³/mol. The van der Waals surface area contributed by atoms with E-state index in [1.807, 2.05) is 0 Å². The minimum absolute atomic E-state index is 0.268. The molecule has 0 radical (unpaired) electrons. The van der Waals surface area contributed by atoms with Crippen LogP contribution in [0.2, 0.25) is 0 Å². The van der Waals surface area contributed by atoms with Gasteiger partial charge in [-0.25, -0.2) is 0 Å². The molecule has 2 unspecified atom stereocenters. The third-order valence-electron chi connectivity index (χ3n) is 6.79. The van der Waals surface area contributed by atoms with Gasteiger partial charge < -0.3 is 0 Å². The molecule has 0 saturated carbocycles. The first kappa shape index (κ1) is 21.7. The number of halogens is 4. The summed E-state index contributed by atoms with van der Waals surface area (Å²) in [5.74, 6) is 0.297. The summed E-state index contributed by atoms with van der Waals surface area (Å²) in [6.45, 7) is 0. The minimum atomic E-state index is 0.268. The molecule has 0 fully saturated rings. The summed E-state index contributed by atoms with van der Waals surface area (Å²) < 4.78 is 3.62. The Bertz CT molecular complexity index is 1060. The van der Waals surface area contributed by atoms with Crippen LogP contribution in [0.25, 0.3) is 5.57 Å². The Balaban J connectivity index is 1.59. The average Bonchev–Trinajstić information content (AvgIpc) is 2.73. The zero-order chi connectivity index (χ0) is 20.8. The largest absolute Gasteiger partial charge is 0.0835 e. The lowest BCUT2D eigenvalue weighted by Gasteiger charge is -2.28. The van der Waals surface area contributed by atoms with Crippen LogP contribution >= 0.6 is 63.7 Å². The first-order chi connectivity index (χ1) is 14.5. The molecule has 3 aliphatic rings. The molecule has 2 aromatic rings. The van der Waals surface area contributed by atoms with Gasteiger partial charge >= 0.3 is 0 Å². The molecular formula is C26H24Br4. The maximum Gasteiger partial charge on any atom is 0.0443 e. The quantitative estimate of drug-likeness (QED) is 0.283. The second-order valence-corrected chi connectivity index (χ2v) is 12.3. The molecule has 2 aromatic carbocycles. The van der Waals surface area contributed by atoms with E-state index in [9.17, 15) is 0 Å². The summed E-state index contributed by atoms with van der Waals surface area (Å²) in [7, 11) is 0. The van der Waals surface area contributed by atoms with E-state index < -0.39 is 0 Å². The Labute approximate surface area is 213 Å². The van der Waals surface area contributed by atoms with E-state index in [2.05, 4.69) is 100 Å². The van der Waals surface area contributed by atoms with Crippen LogP contribution in [0.5, 0.6) is 0 Å². The van der Waals surface area contributed by atoms with Gasteiger partial charge in [0.05, 0.1) is 0 Å². The molecule has 0 aromatic heterocycles. The van der Waals surface area contributed by atoms with Gasteiger partial charge in [0.1, 0.15) is 0 Å². The fourth-order valence-electron chi connectivity index (χ4n) is 5.16. The monoisotopic (exact) mass is 652 g/mol. The van der Waals surface area contributed by atoms with Gasteiger partial charge in [-0.15, -0.1) is 0 Å². The highest BCUT2D eigenvalue weighted by Crippen LogP contribution is 2.46. The van der Waals surface area contributed by atoms with Crippen molar-refractivity contribution in [2.45, 2.75) is 62.1 Å². The van der Waals surface area contributed by atoms with E-state index in [0.29, 0.717) is 5.92 Å². The summed E-state index contributed by atoms with van der Waals surface area (Å²) >= 11 is 15.6. The lowest BCUT2D eigenvalue weighted by atomic mass is 9.82. The lowest BCUT2D eigenvalue weighted by Crippen LogP contribution is -2.15. The summed E-state index contributed by atoms with van der Waals surface area (Å²) in [6.07, 6.45) is 14.8. The highest BCUT2D eigenvalue weighted by Gasteiger charge is 2.28. The zero-order valence-electron chi connectivity index (χ0n) is 16.8. The summed E-state index contributed by atoms with van der Waals surface area (Å²) in [4.78, 5) is 0.268. The van der Waals surface area contributed by atoms with Crippen molar-refractivity contribution in [3.05, 3.63) is 83.2 Å². The number of fused-ring (bicyclic) bond motifs is 2. The lowest BCUT2D eigenvalue weighted by molar-refractivity contribution is 0.682. The van der Waals surface area contributed by atoms with E-state index in [1.165, 1.54) is 104 Å². The SMILES string of the molecule is BrC1=CC(Br)C(c2cc3c(cc2Br)CCCC3)C=C1c1cc2c(cc1Br)CCCC2. The average molecular weight is 656 g/mol. The van der Waals surface area contributed by atoms with Crippen LogP contribution in [-0.2, 0) is 25.7 Å². The van der Waals surface area contributed by atoms with Crippen LogP contribution < -0.4 is 0 Å². The predicted octanol–water partition coefficient (Wildman–Crippen LogP) is 9.19. The summed E-state index contributed by atoms with van der Waals surface area (Å²) in [6, 6.07) is 9.61. The molecular weight excluding hydrogens is 632 g/mol. The third-order valence-corrected chi connectivity index (χ3v) is 9.66. The van der Waals surface area contributed by atoms with Gasteiger partial charge in [-0.2, -0.15) is 0 Å². The first-order valence-corrected chi connectivity index (χ1v) is 14.2. The number of hydrogen-bond donors (Lipinski definition) is 0. The molecule has 0 spiro atoms. The van der Waals surface area contributed by atoms with Crippen molar-refractivity contribution in [3.8, 4) is 0 Å². The molecule has 30 heavy (non-hydrogen) atoms. The highest BCUT2D eigenvalue weighted by atomic mass is 79.9. The number of benzene rings is 2. The molecule has 0 N–H and O–H groups in total. The number of hydrogen-bond acceptors (Lipinski definition) is 0. The van der Waals surface area contributed by atoms with Gasteiger partial charge in [0, 0.05) is 24.2 Å². The van der Waals surface area contributed by atoms with E-state index in [-0.39, 0.29) is 4.83 Å². The Kier molecular flexibility index (Phi) is 6.50. The maximum absolute atomic E-state index is 3.96. The van der Waals surface area contributed by atoms with Crippen LogP contribution in [0.3, 0.4) is 0 Å². The smallest absolute Gasteiger partial charge is 0.0443 e. The van der Waals surface area contributed by atoms with Crippen molar-refractivity contribution in [3.63, 3.8) is 0 Å². The van der Waals surface area contributed by atoms with Crippen LogP contribution in [0.15, 0.2) is 49.8 Å². The molecule has 4 heteroatoms. The molecule has 0 saturated heterocycles. The molecule has 2 atom stereocenters. The van der Waals surface area contributed by atoms with E-state index >= 15 is 0 Å². The number of aryl methyl sites for hydroxylation is 4. The molecule has 5 rings (SSSR count). The van der Waals surface area contributed by atoms with Crippen molar-refractivity contribution in [1.29, 1.82) is 0 Å². The second kappa shape index (κ2) is 9.00. The molecule has 0 nitrogen and oxygen atoms in total. The molecule has 0 heterocycles. The number of alkyl halides is 1. The fraction of sp³-hybridized carbons (Fsp3) is 0.385. The molecule has 0 bridgehead atoms. The number of rotatable bonds is 2. The Morgan fingerprint density at radius 1 is 0.633 bits per heavy atom. The molecule has 3 aliphatic carbocycles. The van der Waals surface area contributed by atoms with Crippen LogP contribution in [0.4, 0.5) is 0 Å². The van der Waals surface area contributed by atoms with Crippen LogP contribution in [-0.4, -0.2) is 4.83 Å². The Morgan fingerprint density at radius 3 is 1.80 bits per heavy atom. The van der Waals surface area contributed by atoms with Gasteiger partial charge in [-0.1, -0.05) is 81.9 Å². The molecule has 0 aliphatic heterocycles. The summed E-state index contributed by atoms with van der Waals surface area (Å²) in [5.41, 5.74) is 10.1. The van der Waals surface area contributed by atoms with Gasteiger partial charge in [0.25, 0.3) is 0 Å². The van der Waals surface area contributed by atoms with Crippen molar-refractivity contribution in [2.24, 2.45) is 0 Å². The normalized spacial score (nSPS) is 23.3. The second-order valence-electron chi connectivity index (χ2n) is 8.72. The van der Waals surface area contributed by atoms with E-state index in [4.69, 9.17) is 0 Å². The molecule has 0 amide bonds. The fourth-order valence-corrected chi connectivity index (χ4v) is 8.10. The van der Waals surface area contributed by atoms with Crippen LogP contribution in [0.1, 0.15) is 65.0 Å². The van der Waals surface area contributed by atoms with Crippen molar-refractivity contribution in [2.75, 3.05) is 0 Å². The third kappa shape index (κ3) is 4.11. The zero-order valence-corrected chi connectivity index (χ0v) is 23.1. The van der Waals surface area contributed by atoms with Crippen molar-refractivity contribution in [1.82, 2.24) is 0 Å². The highest BCUT2D eigenvalue weighted by molar-refractivity contribution is 9.12. The first-order valence-electron chi connectivity index (χ1n) is 10.9. The standard InChI is InChI=1S/C26H24Br4/c27-23-11-17-7-3-1-5-15(17)9-19(23)21-13-22(26(30)14-25(21)29)20-10-16-6-2-4-8-18(16)12-24(20)28/h9-14,21,25H,1-8H2. The molecule has 156 valence electrons. The topological polar surface area (TPSA) is 0 Å². The Morgan fingerprint density at radius 2 is 1.17 bits per heavy atom. The van der Waals surface area contributed by atoms with Crippen LogP contribution in [0, 0.1) is 0 Å². The Hall–Kier alpha value is -0.160. The maximum atomic E-state index is 3.96. The van der Waals surface area contributed by atoms with Gasteiger partial charge in [-0.05, 0) is 109 Å². The van der Waals surface area contributed by atoms with Gasteiger partial charge in [0.15, 0.2) is 0 Å². The van der Waals surface area contributed by atoms with Crippen molar-refractivity contribution >= 4 is 69.3 Å². The minimum Gasteiger partial charge on any atom is -0.0835 e. The summed E-state index contributed by atoms with van der Waals surface area (Å²) in [5, 5.41) is 0. The number of allylic oxidation sites excluding steroid dienone is 4. The van der Waals surface area contributed by atoms with Gasteiger partial charge in [0.2, 0.25) is 0 Å².